The van der Waals surface area contributed by atoms with Crippen LogP contribution in [0, 0.1) is 0 Å². The van der Waals surface area contributed by atoms with E-state index in [2.05, 4.69) is 38.1 Å². The minimum absolute atomic E-state index is 0.0627. The maximum atomic E-state index is 9.18. The number of hydrogen-bond acceptors (Lipinski definition) is 4. The Morgan fingerprint density at radius 2 is 1.81 bits per heavy atom. The van der Waals surface area contributed by atoms with Crippen molar-refractivity contribution >= 4 is 33.2 Å². The summed E-state index contributed by atoms with van der Waals surface area (Å²) in [6.07, 6.45) is 2.80. The Morgan fingerprint density at radius 3 is 2.48 bits per heavy atom. The van der Waals surface area contributed by atoms with Crippen molar-refractivity contribution in [3.05, 3.63) is 68.7 Å². The molecule has 1 spiro atoms. The Kier molecular flexibility index (Phi) is 5.55. The first-order valence-corrected chi connectivity index (χ1v) is 10.4. The van der Waals surface area contributed by atoms with Crippen molar-refractivity contribution in [1.82, 2.24) is 4.90 Å². The number of aliphatic hydroxyl groups is 1. The second kappa shape index (κ2) is 7.92. The van der Waals surface area contributed by atoms with E-state index in [1.54, 1.807) is 0 Å². The SMILES string of the molecule is OCc1ccc(C2=NOC3(CCN(Cc4ccc(Cl)c(Br)c4)CC3)C2)cc1. The normalized spacial score (nSPS) is 19.1. The Hall–Kier alpha value is -1.40. The van der Waals surface area contributed by atoms with Gasteiger partial charge in [-0.25, -0.2) is 0 Å². The molecule has 2 heterocycles. The molecular formula is C21H22BrClN2O2. The van der Waals surface area contributed by atoms with E-state index >= 15 is 0 Å². The van der Waals surface area contributed by atoms with Gasteiger partial charge in [-0.2, -0.15) is 0 Å². The summed E-state index contributed by atoms with van der Waals surface area (Å²) in [5.74, 6) is 0. The fraction of sp³-hybridized carbons (Fsp3) is 0.381. The average Bonchev–Trinajstić information content (AvgIpc) is 3.11. The summed E-state index contributed by atoms with van der Waals surface area (Å²) in [6.45, 7) is 2.97. The predicted octanol–water partition coefficient (Wildman–Crippen LogP) is 4.75. The summed E-state index contributed by atoms with van der Waals surface area (Å²) >= 11 is 9.58. The zero-order chi connectivity index (χ0) is 18.9. The molecule has 0 radical (unpaired) electrons. The van der Waals surface area contributed by atoms with Gasteiger partial charge in [-0.3, -0.25) is 4.90 Å². The van der Waals surface area contributed by atoms with Crippen LogP contribution in [0.5, 0.6) is 0 Å². The van der Waals surface area contributed by atoms with Crippen LogP contribution in [0.25, 0.3) is 0 Å². The predicted molar refractivity (Wildman–Crippen MR) is 111 cm³/mol. The van der Waals surface area contributed by atoms with E-state index in [-0.39, 0.29) is 12.2 Å². The van der Waals surface area contributed by atoms with E-state index in [4.69, 9.17) is 16.4 Å². The monoisotopic (exact) mass is 448 g/mol. The molecule has 0 aliphatic carbocycles. The van der Waals surface area contributed by atoms with E-state index in [1.807, 2.05) is 30.3 Å². The van der Waals surface area contributed by atoms with Crippen LogP contribution in [-0.2, 0) is 18.0 Å². The van der Waals surface area contributed by atoms with E-state index in [0.717, 1.165) is 65.2 Å². The lowest BCUT2D eigenvalue weighted by molar-refractivity contribution is -0.0627. The molecule has 1 fully saturated rings. The third kappa shape index (κ3) is 4.21. The highest BCUT2D eigenvalue weighted by Crippen LogP contribution is 2.36. The number of piperidine rings is 1. The van der Waals surface area contributed by atoms with Crippen molar-refractivity contribution in [3.63, 3.8) is 0 Å². The summed E-state index contributed by atoms with van der Waals surface area (Å²) in [5.41, 5.74) is 4.10. The lowest BCUT2D eigenvalue weighted by Gasteiger charge is -2.37. The van der Waals surface area contributed by atoms with Crippen molar-refractivity contribution in [2.45, 2.75) is 38.0 Å². The van der Waals surface area contributed by atoms with Gasteiger partial charge >= 0.3 is 0 Å². The van der Waals surface area contributed by atoms with Gasteiger partial charge in [0.05, 0.1) is 17.3 Å². The van der Waals surface area contributed by atoms with Crippen LogP contribution in [0.3, 0.4) is 0 Å². The highest BCUT2D eigenvalue weighted by molar-refractivity contribution is 9.10. The molecule has 0 saturated carbocycles. The molecule has 1 saturated heterocycles. The smallest absolute Gasteiger partial charge is 0.145 e. The standard InChI is InChI=1S/C21H22BrClN2O2/c22-18-11-16(3-6-19(18)23)13-25-9-7-21(8-10-25)12-20(24-27-21)17-4-1-15(14-26)2-5-17/h1-6,11,26H,7-10,12-14H2. The van der Waals surface area contributed by atoms with Gasteiger partial charge in [0.15, 0.2) is 0 Å². The third-order valence-corrected chi connectivity index (χ3v) is 6.68. The molecule has 4 nitrogen and oxygen atoms in total. The van der Waals surface area contributed by atoms with Gasteiger partial charge in [0.25, 0.3) is 0 Å². The Labute approximate surface area is 172 Å². The van der Waals surface area contributed by atoms with Crippen molar-refractivity contribution in [2.24, 2.45) is 5.16 Å². The van der Waals surface area contributed by atoms with Crippen molar-refractivity contribution in [2.75, 3.05) is 13.1 Å². The second-order valence-electron chi connectivity index (χ2n) is 7.37. The first-order valence-electron chi connectivity index (χ1n) is 9.18. The van der Waals surface area contributed by atoms with E-state index < -0.39 is 0 Å². The number of hydrogen-bond donors (Lipinski definition) is 1. The van der Waals surface area contributed by atoms with Gasteiger partial charge in [0.1, 0.15) is 5.60 Å². The molecule has 4 rings (SSSR count). The number of likely N-dealkylation sites (tertiary alicyclic amines) is 1. The van der Waals surface area contributed by atoms with Crippen LogP contribution in [0.1, 0.15) is 36.0 Å². The van der Waals surface area contributed by atoms with Crippen LogP contribution < -0.4 is 0 Å². The van der Waals surface area contributed by atoms with Crippen LogP contribution in [0.4, 0.5) is 0 Å². The zero-order valence-corrected chi connectivity index (χ0v) is 17.3. The van der Waals surface area contributed by atoms with E-state index in [1.165, 1.54) is 5.56 Å². The molecule has 0 unspecified atom stereocenters. The topological polar surface area (TPSA) is 45.1 Å². The lowest BCUT2D eigenvalue weighted by atomic mass is 9.85. The highest BCUT2D eigenvalue weighted by atomic mass is 79.9. The van der Waals surface area contributed by atoms with Crippen LogP contribution in [0.2, 0.25) is 5.02 Å². The van der Waals surface area contributed by atoms with Gasteiger partial charge in [-0.1, -0.05) is 47.1 Å². The number of nitrogens with zero attached hydrogens (tertiary/aromatic N) is 2. The number of benzene rings is 2. The Morgan fingerprint density at radius 1 is 1.11 bits per heavy atom. The molecule has 0 amide bonds. The molecule has 0 bridgehead atoms. The van der Waals surface area contributed by atoms with E-state index in [0.29, 0.717) is 0 Å². The molecule has 142 valence electrons. The fourth-order valence-corrected chi connectivity index (χ4v) is 4.31. The average molecular weight is 450 g/mol. The highest BCUT2D eigenvalue weighted by Gasteiger charge is 2.42. The first kappa shape index (κ1) is 18.9. The summed E-state index contributed by atoms with van der Waals surface area (Å²) in [6, 6.07) is 14.0. The Balaban J connectivity index is 1.34. The number of oxime groups is 1. The number of rotatable bonds is 4. The largest absolute Gasteiger partial charge is 0.392 e. The minimum Gasteiger partial charge on any atom is -0.392 e. The van der Waals surface area contributed by atoms with Gasteiger partial charge in [-0.15, -0.1) is 0 Å². The molecular weight excluding hydrogens is 428 g/mol. The number of aliphatic hydroxyl groups excluding tert-OH is 1. The summed E-state index contributed by atoms with van der Waals surface area (Å²) in [5, 5.41) is 14.3. The maximum absolute atomic E-state index is 9.18. The van der Waals surface area contributed by atoms with Gasteiger partial charge in [0.2, 0.25) is 0 Å². The molecule has 2 aromatic rings. The van der Waals surface area contributed by atoms with Crippen molar-refractivity contribution in [1.29, 1.82) is 0 Å². The fourth-order valence-electron chi connectivity index (χ4n) is 3.76. The summed E-state index contributed by atoms with van der Waals surface area (Å²) < 4.78 is 0.944. The lowest BCUT2D eigenvalue weighted by Crippen LogP contribution is -2.44. The molecule has 2 aliphatic rings. The van der Waals surface area contributed by atoms with Gasteiger partial charge in [0, 0.05) is 43.4 Å². The molecule has 6 heteroatoms. The van der Waals surface area contributed by atoms with Crippen LogP contribution >= 0.6 is 27.5 Å². The zero-order valence-electron chi connectivity index (χ0n) is 15.0. The quantitative estimate of drug-likeness (QED) is 0.732. The molecule has 27 heavy (non-hydrogen) atoms. The van der Waals surface area contributed by atoms with Crippen LogP contribution in [0.15, 0.2) is 52.1 Å². The molecule has 1 N–H and O–H groups in total. The first-order chi connectivity index (χ1) is 13.1. The third-order valence-electron chi connectivity index (χ3n) is 5.47. The second-order valence-corrected chi connectivity index (χ2v) is 8.63. The molecule has 0 aromatic heterocycles. The molecule has 0 atom stereocenters. The van der Waals surface area contributed by atoms with Crippen LogP contribution in [-0.4, -0.2) is 34.4 Å². The minimum atomic E-state index is -0.165. The molecule has 2 aromatic carbocycles. The number of halogens is 2. The van der Waals surface area contributed by atoms with Crippen molar-refractivity contribution < 1.29 is 9.94 Å². The van der Waals surface area contributed by atoms with Crippen molar-refractivity contribution in [3.8, 4) is 0 Å². The maximum Gasteiger partial charge on any atom is 0.145 e. The van der Waals surface area contributed by atoms with Gasteiger partial charge in [-0.05, 0) is 44.8 Å². The molecule has 2 aliphatic heterocycles. The van der Waals surface area contributed by atoms with Gasteiger partial charge < -0.3 is 9.94 Å². The summed E-state index contributed by atoms with van der Waals surface area (Å²) in [7, 11) is 0. The van der Waals surface area contributed by atoms with E-state index in [9.17, 15) is 5.11 Å². The summed E-state index contributed by atoms with van der Waals surface area (Å²) in [4.78, 5) is 8.38. The Bertz CT molecular complexity index is 846.